The summed E-state index contributed by atoms with van der Waals surface area (Å²) in [6, 6.07) is 11.2. The lowest BCUT2D eigenvalue weighted by Gasteiger charge is -2.12. The number of ether oxygens (including phenoxy) is 1. The molecule has 1 unspecified atom stereocenters. The van der Waals surface area contributed by atoms with Gasteiger partial charge in [0, 0.05) is 11.8 Å². The number of cyclic esters (lactones) is 1. The molecule has 0 bridgehead atoms. The summed E-state index contributed by atoms with van der Waals surface area (Å²) in [5.41, 5.74) is 0.844. The molecule has 2 heterocycles. The molecule has 19 heavy (non-hydrogen) atoms. The summed E-state index contributed by atoms with van der Waals surface area (Å²) in [7, 11) is 0. The Balaban J connectivity index is 1.61. The van der Waals surface area contributed by atoms with Gasteiger partial charge in [-0.05, 0) is 12.1 Å². The molecule has 1 fully saturated rings. The van der Waals surface area contributed by atoms with E-state index < -0.39 is 0 Å². The van der Waals surface area contributed by atoms with Crippen molar-refractivity contribution in [3.05, 3.63) is 42.7 Å². The highest BCUT2D eigenvalue weighted by atomic mass is 16.6. The normalized spacial score (nSPS) is 18.4. The topological polar surface area (TPSA) is 67.6 Å². The van der Waals surface area contributed by atoms with E-state index in [2.05, 4.69) is 10.5 Å². The molecule has 1 aliphatic rings. The number of rotatable bonds is 4. The van der Waals surface area contributed by atoms with Crippen LogP contribution in [0.15, 0.2) is 47.2 Å². The smallest absolute Gasteiger partial charge is 0.414 e. The molecule has 1 saturated heterocycles. The van der Waals surface area contributed by atoms with Crippen LogP contribution >= 0.6 is 0 Å². The van der Waals surface area contributed by atoms with E-state index in [9.17, 15) is 4.79 Å². The Kier molecular flexibility index (Phi) is 3.06. The third-order valence-corrected chi connectivity index (χ3v) is 2.89. The Labute approximate surface area is 109 Å². The van der Waals surface area contributed by atoms with Crippen LogP contribution in [0.2, 0.25) is 0 Å². The quantitative estimate of drug-likeness (QED) is 0.910. The van der Waals surface area contributed by atoms with Gasteiger partial charge in [0.1, 0.15) is 12.4 Å². The maximum atomic E-state index is 11.8. The first-order valence-corrected chi connectivity index (χ1v) is 6.00. The van der Waals surface area contributed by atoms with Crippen molar-refractivity contribution >= 4 is 17.6 Å². The van der Waals surface area contributed by atoms with E-state index in [1.807, 2.05) is 30.3 Å². The van der Waals surface area contributed by atoms with Crippen molar-refractivity contribution in [1.82, 2.24) is 5.16 Å². The zero-order chi connectivity index (χ0) is 13.1. The SMILES string of the molecule is O=C1OC(CNc2ccon2)CN1c1ccccc1. The molecule has 1 amide bonds. The van der Waals surface area contributed by atoms with Crippen LogP contribution in [-0.2, 0) is 4.74 Å². The Bertz CT molecular complexity index is 542. The molecule has 1 aromatic heterocycles. The van der Waals surface area contributed by atoms with Gasteiger partial charge in [0.15, 0.2) is 5.82 Å². The van der Waals surface area contributed by atoms with Gasteiger partial charge in [-0.3, -0.25) is 4.90 Å². The summed E-state index contributed by atoms with van der Waals surface area (Å²) < 4.78 is 10.0. The monoisotopic (exact) mass is 259 g/mol. The molecule has 0 radical (unpaired) electrons. The van der Waals surface area contributed by atoms with Crippen LogP contribution in [0.1, 0.15) is 0 Å². The highest BCUT2D eigenvalue weighted by Gasteiger charge is 2.32. The van der Waals surface area contributed by atoms with Gasteiger partial charge in [0.25, 0.3) is 0 Å². The number of para-hydroxylation sites is 1. The maximum absolute atomic E-state index is 11.8. The van der Waals surface area contributed by atoms with Crippen LogP contribution < -0.4 is 10.2 Å². The first-order chi connectivity index (χ1) is 9.33. The summed E-state index contributed by atoms with van der Waals surface area (Å²) in [5.74, 6) is 0.634. The van der Waals surface area contributed by atoms with Crippen molar-refractivity contribution in [2.24, 2.45) is 0 Å². The second-order valence-electron chi connectivity index (χ2n) is 4.22. The number of hydrogen-bond acceptors (Lipinski definition) is 5. The lowest BCUT2D eigenvalue weighted by molar-refractivity contribution is 0.147. The number of anilines is 2. The average Bonchev–Trinajstić information content (AvgIpc) is 3.07. The van der Waals surface area contributed by atoms with E-state index in [0.29, 0.717) is 18.9 Å². The third-order valence-electron chi connectivity index (χ3n) is 2.89. The molecular weight excluding hydrogens is 246 g/mol. The van der Waals surface area contributed by atoms with Gasteiger partial charge >= 0.3 is 6.09 Å². The molecular formula is C13H13N3O3. The molecule has 0 saturated carbocycles. The lowest BCUT2D eigenvalue weighted by atomic mass is 10.3. The first kappa shape index (κ1) is 11.6. The van der Waals surface area contributed by atoms with Crippen LogP contribution in [0, 0.1) is 0 Å². The Morgan fingerprint density at radius 2 is 2.16 bits per heavy atom. The summed E-state index contributed by atoms with van der Waals surface area (Å²) >= 11 is 0. The molecule has 1 aliphatic heterocycles. The number of nitrogens with zero attached hydrogens (tertiary/aromatic N) is 2. The Hall–Kier alpha value is -2.50. The second kappa shape index (κ2) is 5.01. The zero-order valence-corrected chi connectivity index (χ0v) is 10.2. The molecule has 98 valence electrons. The number of nitrogens with one attached hydrogen (secondary N) is 1. The number of carbonyl (C=O) groups is 1. The summed E-state index contributed by atoms with van der Waals surface area (Å²) in [6.45, 7) is 1.02. The summed E-state index contributed by atoms with van der Waals surface area (Å²) in [6.07, 6.45) is 0.960. The molecule has 1 atom stereocenters. The molecule has 0 spiro atoms. The van der Waals surface area contributed by atoms with Crippen LogP contribution in [0.25, 0.3) is 0 Å². The second-order valence-corrected chi connectivity index (χ2v) is 4.22. The number of amides is 1. The third kappa shape index (κ3) is 2.52. The van der Waals surface area contributed by atoms with Gasteiger partial charge in [0.05, 0.1) is 13.1 Å². The van der Waals surface area contributed by atoms with Gasteiger partial charge < -0.3 is 14.6 Å². The van der Waals surface area contributed by atoms with Crippen LogP contribution in [-0.4, -0.2) is 30.4 Å². The van der Waals surface area contributed by atoms with Gasteiger partial charge in [-0.25, -0.2) is 4.79 Å². The number of benzene rings is 1. The molecule has 2 aromatic rings. The lowest BCUT2D eigenvalue weighted by Crippen LogP contribution is -2.27. The highest BCUT2D eigenvalue weighted by Crippen LogP contribution is 2.21. The average molecular weight is 259 g/mol. The minimum absolute atomic E-state index is 0.204. The molecule has 0 aliphatic carbocycles. The highest BCUT2D eigenvalue weighted by molar-refractivity contribution is 5.89. The number of carbonyl (C=O) groups excluding carboxylic acids is 1. The van der Waals surface area contributed by atoms with E-state index >= 15 is 0 Å². The number of hydrogen-bond donors (Lipinski definition) is 1. The van der Waals surface area contributed by atoms with Crippen LogP contribution in [0.5, 0.6) is 0 Å². The fourth-order valence-corrected chi connectivity index (χ4v) is 1.97. The predicted molar refractivity (Wildman–Crippen MR) is 69.0 cm³/mol. The fraction of sp³-hybridized carbons (Fsp3) is 0.231. The van der Waals surface area contributed by atoms with Crippen molar-refractivity contribution in [1.29, 1.82) is 0 Å². The molecule has 3 rings (SSSR count). The van der Waals surface area contributed by atoms with E-state index in [-0.39, 0.29) is 12.2 Å². The van der Waals surface area contributed by atoms with Crippen molar-refractivity contribution < 1.29 is 14.1 Å². The van der Waals surface area contributed by atoms with Crippen molar-refractivity contribution in [2.75, 3.05) is 23.3 Å². The van der Waals surface area contributed by atoms with Crippen molar-refractivity contribution in [3.63, 3.8) is 0 Å². The fourth-order valence-electron chi connectivity index (χ4n) is 1.97. The summed E-state index contributed by atoms with van der Waals surface area (Å²) in [4.78, 5) is 13.4. The maximum Gasteiger partial charge on any atom is 0.414 e. The molecule has 6 nitrogen and oxygen atoms in total. The molecule has 1 N–H and O–H groups in total. The molecule has 6 heteroatoms. The van der Waals surface area contributed by atoms with Crippen molar-refractivity contribution in [3.8, 4) is 0 Å². The van der Waals surface area contributed by atoms with Crippen molar-refractivity contribution in [2.45, 2.75) is 6.10 Å². The van der Waals surface area contributed by atoms with Gasteiger partial charge in [-0.1, -0.05) is 23.4 Å². The predicted octanol–water partition coefficient (Wildman–Crippen LogP) is 2.11. The van der Waals surface area contributed by atoms with Gasteiger partial charge in [0.2, 0.25) is 0 Å². The largest absolute Gasteiger partial charge is 0.442 e. The Morgan fingerprint density at radius 3 is 2.89 bits per heavy atom. The van der Waals surface area contributed by atoms with E-state index in [1.165, 1.54) is 6.26 Å². The minimum atomic E-state index is -0.321. The minimum Gasteiger partial charge on any atom is -0.442 e. The van der Waals surface area contributed by atoms with E-state index in [4.69, 9.17) is 9.26 Å². The standard InChI is InChI=1S/C13H13N3O3/c17-13-16(10-4-2-1-3-5-10)9-11(19-13)8-14-12-6-7-18-15-12/h1-7,11H,8-9H2,(H,14,15). The zero-order valence-electron chi connectivity index (χ0n) is 10.2. The Morgan fingerprint density at radius 1 is 1.32 bits per heavy atom. The van der Waals surface area contributed by atoms with E-state index in [1.54, 1.807) is 11.0 Å². The van der Waals surface area contributed by atoms with Gasteiger partial charge in [-0.15, -0.1) is 0 Å². The number of aromatic nitrogens is 1. The van der Waals surface area contributed by atoms with Crippen LogP contribution in [0.3, 0.4) is 0 Å². The molecule has 1 aromatic carbocycles. The van der Waals surface area contributed by atoms with Gasteiger partial charge in [-0.2, -0.15) is 0 Å². The van der Waals surface area contributed by atoms with E-state index in [0.717, 1.165) is 5.69 Å². The van der Waals surface area contributed by atoms with Crippen LogP contribution in [0.4, 0.5) is 16.3 Å². The summed E-state index contributed by atoms with van der Waals surface area (Å²) in [5, 5.41) is 6.78. The first-order valence-electron chi connectivity index (χ1n) is 6.00.